The minimum Gasteiger partial charge on any atom is -0.462 e. The fourth-order valence-corrected chi connectivity index (χ4v) is 6.73. The monoisotopic (exact) mass is 852 g/mol. The lowest BCUT2D eigenvalue weighted by Gasteiger charge is -2.41. The number of aliphatic hydroxyl groups is 5. The van der Waals surface area contributed by atoms with Crippen LogP contribution in [0.3, 0.4) is 0 Å². The second-order valence-corrected chi connectivity index (χ2v) is 15.9. The summed E-state index contributed by atoms with van der Waals surface area (Å²) < 4.78 is 33.3. The van der Waals surface area contributed by atoms with Gasteiger partial charge in [-0.25, -0.2) is 4.57 Å². The number of unbranched alkanes of at least 4 members (excludes halogenated alkanes) is 7. The molecule has 0 radical (unpaired) electrons. The standard InChI is InChI=1S/C45H73O13P/c1-3-5-7-9-11-13-15-16-17-18-19-20-21-22-24-26-28-30-32-34-39(47)57-37(35-55-38(46)33-31-29-27-25-23-14-12-10-8-6-4-2)36-56-59(53,54)58-45-43(51)41(49)40(48)42(50)44(45)52/h5,7,10-13,16-17,19-20,22,24,28,30,37,40-45,48-52H,3-4,6,8-9,14-15,18,21,23,25-27,29,31-36H2,1-2H3,(H,53,54)/b7-5-,12-10-,13-11-,17-16-,20-19-,24-22-,30-28-/t37-,40?,41-,42?,43?,44?,45?/m1/s1. The molecule has 336 valence electrons. The molecule has 1 rings (SSSR count). The van der Waals surface area contributed by atoms with Gasteiger partial charge in [0.15, 0.2) is 6.10 Å². The normalized spacial score (nSPS) is 23.2. The zero-order valence-electron chi connectivity index (χ0n) is 35.3. The minimum atomic E-state index is -5.14. The Morgan fingerprint density at radius 1 is 0.542 bits per heavy atom. The summed E-state index contributed by atoms with van der Waals surface area (Å²) in [6.07, 6.45) is 30.9. The SMILES string of the molecule is CC/C=C\C/C=C\C/C=C\C/C=C\C/C=C\C/C=C\CCC(=O)O[C@H](COC(=O)CCCCCCC/C=C\CCCC)COP(=O)(O)OC1C(O)C(O)C(O)[C@@H](O)C1O. The number of rotatable bonds is 33. The average molecular weight is 853 g/mol. The molecule has 59 heavy (non-hydrogen) atoms. The van der Waals surface area contributed by atoms with Gasteiger partial charge < -0.3 is 39.9 Å². The van der Waals surface area contributed by atoms with Crippen LogP contribution in [0.1, 0.15) is 129 Å². The van der Waals surface area contributed by atoms with Crippen molar-refractivity contribution in [1.82, 2.24) is 0 Å². The van der Waals surface area contributed by atoms with Gasteiger partial charge >= 0.3 is 19.8 Å². The number of hydrogen-bond donors (Lipinski definition) is 6. The van der Waals surface area contributed by atoms with Gasteiger partial charge in [-0.2, -0.15) is 0 Å². The Bertz CT molecular complexity index is 1360. The Kier molecular flexibility index (Phi) is 31.8. The smallest absolute Gasteiger partial charge is 0.462 e. The molecule has 0 spiro atoms. The Labute approximate surface area is 352 Å². The molecule has 0 aromatic rings. The highest BCUT2D eigenvalue weighted by atomic mass is 31.2. The molecular formula is C45H73O13P. The van der Waals surface area contributed by atoms with Gasteiger partial charge in [-0.15, -0.1) is 0 Å². The van der Waals surface area contributed by atoms with Crippen molar-refractivity contribution in [3.05, 3.63) is 85.1 Å². The lowest BCUT2D eigenvalue weighted by atomic mass is 9.85. The first-order chi connectivity index (χ1) is 28.4. The molecule has 14 heteroatoms. The van der Waals surface area contributed by atoms with E-state index in [4.69, 9.17) is 18.5 Å². The fraction of sp³-hybridized carbons (Fsp3) is 0.644. The van der Waals surface area contributed by atoms with Gasteiger partial charge in [0.25, 0.3) is 0 Å². The molecule has 0 bridgehead atoms. The fourth-order valence-electron chi connectivity index (χ4n) is 5.76. The molecule has 1 aliphatic rings. The summed E-state index contributed by atoms with van der Waals surface area (Å²) in [5.41, 5.74) is 0. The highest BCUT2D eigenvalue weighted by Gasteiger charge is 2.51. The van der Waals surface area contributed by atoms with E-state index >= 15 is 0 Å². The lowest BCUT2D eigenvalue weighted by molar-refractivity contribution is -0.220. The summed E-state index contributed by atoms with van der Waals surface area (Å²) in [4.78, 5) is 35.5. The molecule has 0 aromatic carbocycles. The van der Waals surface area contributed by atoms with Crippen LogP contribution in [-0.2, 0) is 32.7 Å². The second-order valence-electron chi connectivity index (χ2n) is 14.5. The molecule has 0 aromatic heterocycles. The predicted molar refractivity (Wildman–Crippen MR) is 230 cm³/mol. The summed E-state index contributed by atoms with van der Waals surface area (Å²) in [6.45, 7) is 3.04. The quantitative estimate of drug-likeness (QED) is 0.0162. The first-order valence-electron chi connectivity index (χ1n) is 21.4. The summed E-state index contributed by atoms with van der Waals surface area (Å²) in [5.74, 6) is -1.22. The second kappa shape index (κ2) is 34.7. The molecule has 6 N–H and O–H groups in total. The van der Waals surface area contributed by atoms with Crippen LogP contribution in [0, 0.1) is 0 Å². The van der Waals surface area contributed by atoms with Crippen molar-refractivity contribution in [2.24, 2.45) is 0 Å². The molecule has 0 aliphatic heterocycles. The number of carbonyl (C=O) groups is 2. The average Bonchev–Trinajstić information content (AvgIpc) is 3.21. The maximum absolute atomic E-state index is 12.8. The number of phosphoric ester groups is 1. The van der Waals surface area contributed by atoms with E-state index in [0.717, 1.165) is 70.6 Å². The lowest BCUT2D eigenvalue weighted by Crippen LogP contribution is -2.64. The number of aliphatic hydroxyl groups excluding tert-OH is 5. The van der Waals surface area contributed by atoms with E-state index in [-0.39, 0.29) is 12.8 Å². The van der Waals surface area contributed by atoms with Gasteiger partial charge in [-0.1, -0.05) is 131 Å². The van der Waals surface area contributed by atoms with Crippen LogP contribution in [-0.4, -0.2) is 98.3 Å². The first-order valence-corrected chi connectivity index (χ1v) is 22.9. The van der Waals surface area contributed by atoms with Crippen LogP contribution in [0.25, 0.3) is 0 Å². The number of hydrogen-bond acceptors (Lipinski definition) is 12. The van der Waals surface area contributed by atoms with Crippen molar-refractivity contribution in [1.29, 1.82) is 0 Å². The van der Waals surface area contributed by atoms with E-state index in [9.17, 15) is 44.6 Å². The summed E-state index contributed by atoms with van der Waals surface area (Å²) >= 11 is 0. The largest absolute Gasteiger partial charge is 0.472 e. The number of esters is 2. The van der Waals surface area contributed by atoms with Crippen molar-refractivity contribution < 1.29 is 63.1 Å². The predicted octanol–water partition coefficient (Wildman–Crippen LogP) is 7.72. The van der Waals surface area contributed by atoms with Gasteiger partial charge in [-0.3, -0.25) is 18.6 Å². The van der Waals surface area contributed by atoms with Gasteiger partial charge in [0.05, 0.1) is 6.61 Å². The maximum Gasteiger partial charge on any atom is 0.472 e. The van der Waals surface area contributed by atoms with Gasteiger partial charge in [-0.05, 0) is 70.6 Å². The van der Waals surface area contributed by atoms with E-state index in [2.05, 4.69) is 80.7 Å². The number of phosphoric acid groups is 1. The minimum absolute atomic E-state index is 0.0347. The third kappa shape index (κ3) is 27.5. The molecular weight excluding hydrogens is 779 g/mol. The molecule has 0 amide bonds. The zero-order chi connectivity index (χ0) is 43.6. The van der Waals surface area contributed by atoms with E-state index in [1.807, 2.05) is 18.2 Å². The Morgan fingerprint density at radius 2 is 1.00 bits per heavy atom. The molecule has 0 heterocycles. The van der Waals surface area contributed by atoms with Crippen LogP contribution in [0.2, 0.25) is 0 Å². The van der Waals surface area contributed by atoms with Crippen molar-refractivity contribution >= 4 is 19.8 Å². The third-order valence-electron chi connectivity index (χ3n) is 9.23. The summed E-state index contributed by atoms with van der Waals surface area (Å²) in [6, 6.07) is 0. The third-order valence-corrected chi connectivity index (χ3v) is 10.2. The van der Waals surface area contributed by atoms with E-state index in [1.165, 1.54) is 12.8 Å². The Balaban J connectivity index is 2.56. The molecule has 1 aliphatic carbocycles. The van der Waals surface area contributed by atoms with Crippen LogP contribution < -0.4 is 0 Å². The number of ether oxygens (including phenoxy) is 2. The molecule has 0 saturated heterocycles. The topological polar surface area (TPSA) is 210 Å². The van der Waals surface area contributed by atoms with Crippen molar-refractivity contribution in [3.8, 4) is 0 Å². The van der Waals surface area contributed by atoms with Gasteiger partial charge in [0.1, 0.15) is 43.2 Å². The van der Waals surface area contributed by atoms with E-state index in [0.29, 0.717) is 19.3 Å². The molecule has 1 fully saturated rings. The Morgan fingerprint density at radius 3 is 1.54 bits per heavy atom. The molecule has 6 unspecified atom stereocenters. The summed E-state index contributed by atoms with van der Waals surface area (Å²) in [5, 5.41) is 50.0. The van der Waals surface area contributed by atoms with Crippen LogP contribution in [0.4, 0.5) is 0 Å². The van der Waals surface area contributed by atoms with Crippen LogP contribution in [0.15, 0.2) is 85.1 Å². The summed E-state index contributed by atoms with van der Waals surface area (Å²) in [7, 11) is -5.14. The first kappa shape index (κ1) is 54.0. The molecule has 1 saturated carbocycles. The van der Waals surface area contributed by atoms with Crippen molar-refractivity contribution in [3.63, 3.8) is 0 Å². The van der Waals surface area contributed by atoms with Crippen molar-refractivity contribution in [2.75, 3.05) is 13.2 Å². The van der Waals surface area contributed by atoms with Crippen LogP contribution in [0.5, 0.6) is 0 Å². The van der Waals surface area contributed by atoms with Crippen molar-refractivity contribution in [2.45, 2.75) is 172 Å². The number of carbonyl (C=O) groups excluding carboxylic acids is 2. The highest BCUT2D eigenvalue weighted by Crippen LogP contribution is 2.47. The van der Waals surface area contributed by atoms with Gasteiger partial charge in [0, 0.05) is 12.8 Å². The van der Waals surface area contributed by atoms with Crippen LogP contribution >= 0.6 is 7.82 Å². The Hall–Kier alpha value is -2.97. The molecule has 8 atom stereocenters. The number of allylic oxidation sites excluding steroid dienone is 14. The highest BCUT2D eigenvalue weighted by molar-refractivity contribution is 7.47. The van der Waals surface area contributed by atoms with E-state index < -0.39 is 75.7 Å². The maximum atomic E-state index is 12.8. The zero-order valence-corrected chi connectivity index (χ0v) is 36.1. The molecule has 13 nitrogen and oxygen atoms in total. The van der Waals surface area contributed by atoms with Gasteiger partial charge in [0.2, 0.25) is 0 Å². The van der Waals surface area contributed by atoms with E-state index in [1.54, 1.807) is 0 Å².